The summed E-state index contributed by atoms with van der Waals surface area (Å²) in [6.07, 6.45) is 3.66. The van der Waals surface area contributed by atoms with E-state index in [1.54, 1.807) is 0 Å². The third-order valence-corrected chi connectivity index (χ3v) is 4.32. The van der Waals surface area contributed by atoms with Gasteiger partial charge in [0.25, 0.3) is 0 Å². The minimum absolute atomic E-state index is 0.172. The van der Waals surface area contributed by atoms with E-state index in [0.717, 1.165) is 36.0 Å². The number of hydrogen-bond acceptors (Lipinski definition) is 4. The quantitative estimate of drug-likeness (QED) is 0.795. The Kier molecular flexibility index (Phi) is 5.02. The highest BCUT2D eigenvalue weighted by Crippen LogP contribution is 2.30. The summed E-state index contributed by atoms with van der Waals surface area (Å²) < 4.78 is 5.57. The van der Waals surface area contributed by atoms with E-state index in [9.17, 15) is 4.79 Å². The van der Waals surface area contributed by atoms with Gasteiger partial charge in [-0.3, -0.25) is 4.79 Å². The molecule has 0 radical (unpaired) electrons. The van der Waals surface area contributed by atoms with Crippen molar-refractivity contribution in [1.82, 2.24) is 0 Å². The molecular formula is C15H17BrN2O2. The van der Waals surface area contributed by atoms with Crippen LogP contribution >= 0.6 is 15.9 Å². The summed E-state index contributed by atoms with van der Waals surface area (Å²) >= 11 is 3.42. The lowest BCUT2D eigenvalue weighted by molar-refractivity contribution is -0.141. The first-order valence-electron chi connectivity index (χ1n) is 6.69. The van der Waals surface area contributed by atoms with Crippen molar-refractivity contribution >= 4 is 27.6 Å². The molecule has 0 N–H and O–H groups in total. The van der Waals surface area contributed by atoms with E-state index in [1.807, 2.05) is 18.2 Å². The fraction of sp³-hybridized carbons (Fsp3) is 0.467. The molecule has 1 atom stereocenters. The molecule has 1 unspecified atom stereocenters. The first kappa shape index (κ1) is 14.9. The van der Waals surface area contributed by atoms with Crippen molar-refractivity contribution in [2.24, 2.45) is 0 Å². The van der Waals surface area contributed by atoms with E-state index in [0.29, 0.717) is 12.0 Å². The van der Waals surface area contributed by atoms with Crippen LogP contribution in [0.4, 0.5) is 5.69 Å². The molecule has 1 aliphatic heterocycles. The fourth-order valence-electron chi connectivity index (χ4n) is 2.60. The molecule has 1 aliphatic rings. The largest absolute Gasteiger partial charge is 0.469 e. The van der Waals surface area contributed by atoms with E-state index in [4.69, 9.17) is 10.00 Å². The number of benzene rings is 1. The van der Waals surface area contributed by atoms with E-state index in [2.05, 4.69) is 26.9 Å². The lowest BCUT2D eigenvalue weighted by atomic mass is 9.98. The van der Waals surface area contributed by atoms with Crippen LogP contribution in [-0.2, 0) is 9.53 Å². The molecule has 1 fully saturated rings. The molecule has 0 bridgehead atoms. The first-order chi connectivity index (χ1) is 9.65. The Hall–Kier alpha value is -1.54. The number of anilines is 1. The zero-order valence-electron chi connectivity index (χ0n) is 11.4. The molecule has 5 heteroatoms. The van der Waals surface area contributed by atoms with Crippen LogP contribution in [-0.4, -0.2) is 25.7 Å². The lowest BCUT2D eigenvalue weighted by Crippen LogP contribution is -2.41. The molecule has 2 rings (SSSR count). The molecule has 1 heterocycles. The standard InChI is InChI=1S/C15H17BrN2O2/c1-20-15(19)9-12-4-2-3-7-18(12)13-6-5-11(10-17)14(16)8-13/h5-6,8,12H,2-4,7,9H2,1H3. The van der Waals surface area contributed by atoms with Crippen LogP contribution in [0.25, 0.3) is 0 Å². The van der Waals surface area contributed by atoms with E-state index >= 15 is 0 Å². The Labute approximate surface area is 127 Å². The Bertz CT molecular complexity index is 539. The number of halogens is 1. The number of nitrogens with zero attached hydrogens (tertiary/aromatic N) is 2. The molecule has 0 aromatic heterocycles. The molecule has 1 saturated heterocycles. The smallest absolute Gasteiger partial charge is 0.307 e. The summed E-state index contributed by atoms with van der Waals surface area (Å²) in [5, 5.41) is 8.97. The van der Waals surface area contributed by atoms with Gasteiger partial charge in [0.15, 0.2) is 0 Å². The van der Waals surface area contributed by atoms with Crippen LogP contribution in [0.2, 0.25) is 0 Å². The highest BCUT2D eigenvalue weighted by Gasteiger charge is 2.25. The SMILES string of the molecule is COC(=O)CC1CCCCN1c1ccc(C#N)c(Br)c1. The van der Waals surface area contributed by atoms with Crippen LogP contribution in [0.1, 0.15) is 31.2 Å². The number of methoxy groups -OCH3 is 1. The maximum Gasteiger partial charge on any atom is 0.307 e. The predicted molar refractivity (Wildman–Crippen MR) is 80.5 cm³/mol. The van der Waals surface area contributed by atoms with Gasteiger partial charge in [-0.15, -0.1) is 0 Å². The first-order valence-corrected chi connectivity index (χ1v) is 7.48. The van der Waals surface area contributed by atoms with Gasteiger partial charge in [0.1, 0.15) is 6.07 Å². The Morgan fingerprint density at radius 2 is 2.35 bits per heavy atom. The topological polar surface area (TPSA) is 53.3 Å². The van der Waals surface area contributed by atoms with Gasteiger partial charge >= 0.3 is 5.97 Å². The number of carbonyl (C=O) groups is 1. The van der Waals surface area contributed by atoms with Crippen molar-refractivity contribution in [2.45, 2.75) is 31.7 Å². The van der Waals surface area contributed by atoms with Crippen molar-refractivity contribution < 1.29 is 9.53 Å². The number of esters is 1. The molecular weight excluding hydrogens is 320 g/mol. The van der Waals surface area contributed by atoms with Gasteiger partial charge in [-0.05, 0) is 53.4 Å². The Balaban J connectivity index is 2.21. The number of ether oxygens (including phenoxy) is 1. The molecule has 1 aromatic rings. The maximum atomic E-state index is 11.5. The second-order valence-corrected chi connectivity index (χ2v) is 5.75. The van der Waals surface area contributed by atoms with Crippen LogP contribution in [0.5, 0.6) is 0 Å². The fourth-order valence-corrected chi connectivity index (χ4v) is 3.06. The van der Waals surface area contributed by atoms with Crippen molar-refractivity contribution in [1.29, 1.82) is 5.26 Å². The zero-order valence-corrected chi connectivity index (χ0v) is 13.0. The number of rotatable bonds is 3. The predicted octanol–water partition coefficient (Wildman–Crippen LogP) is 3.24. The van der Waals surface area contributed by atoms with Crippen LogP contribution in [0.15, 0.2) is 22.7 Å². The summed E-state index contributed by atoms with van der Waals surface area (Å²) in [6, 6.07) is 8.02. The van der Waals surface area contributed by atoms with Gasteiger partial charge < -0.3 is 9.64 Å². The van der Waals surface area contributed by atoms with E-state index in [-0.39, 0.29) is 12.0 Å². The van der Waals surface area contributed by atoms with Crippen molar-refractivity contribution in [3.8, 4) is 6.07 Å². The minimum Gasteiger partial charge on any atom is -0.469 e. The minimum atomic E-state index is -0.172. The van der Waals surface area contributed by atoms with Gasteiger partial charge in [-0.25, -0.2) is 0 Å². The second kappa shape index (κ2) is 6.76. The van der Waals surface area contributed by atoms with Crippen LogP contribution in [0, 0.1) is 11.3 Å². The maximum absolute atomic E-state index is 11.5. The molecule has 4 nitrogen and oxygen atoms in total. The molecule has 0 saturated carbocycles. The van der Waals surface area contributed by atoms with E-state index < -0.39 is 0 Å². The van der Waals surface area contributed by atoms with Gasteiger partial charge in [-0.2, -0.15) is 5.26 Å². The normalized spacial score (nSPS) is 18.4. The third kappa shape index (κ3) is 3.31. The average molecular weight is 337 g/mol. The summed E-state index contributed by atoms with van der Waals surface area (Å²) in [4.78, 5) is 13.8. The number of carbonyl (C=O) groups excluding carboxylic acids is 1. The van der Waals surface area contributed by atoms with Gasteiger partial charge in [-0.1, -0.05) is 0 Å². The van der Waals surface area contributed by atoms with E-state index in [1.165, 1.54) is 7.11 Å². The molecule has 1 aromatic carbocycles. The van der Waals surface area contributed by atoms with Gasteiger partial charge in [0.2, 0.25) is 0 Å². The van der Waals surface area contributed by atoms with Crippen molar-refractivity contribution in [2.75, 3.05) is 18.6 Å². The molecule has 0 amide bonds. The molecule has 20 heavy (non-hydrogen) atoms. The molecule has 106 valence electrons. The van der Waals surface area contributed by atoms with Crippen LogP contribution in [0.3, 0.4) is 0 Å². The monoisotopic (exact) mass is 336 g/mol. The van der Waals surface area contributed by atoms with Crippen LogP contribution < -0.4 is 4.90 Å². The number of nitriles is 1. The molecule has 0 spiro atoms. The second-order valence-electron chi connectivity index (χ2n) is 4.90. The average Bonchev–Trinajstić information content (AvgIpc) is 2.47. The van der Waals surface area contributed by atoms with Gasteiger partial charge in [0, 0.05) is 22.7 Å². The zero-order chi connectivity index (χ0) is 14.5. The lowest BCUT2D eigenvalue weighted by Gasteiger charge is -2.37. The Morgan fingerprint density at radius 3 is 3.00 bits per heavy atom. The van der Waals surface area contributed by atoms with Crippen molar-refractivity contribution in [3.63, 3.8) is 0 Å². The molecule has 0 aliphatic carbocycles. The van der Waals surface area contributed by atoms with Crippen molar-refractivity contribution in [3.05, 3.63) is 28.2 Å². The number of piperidine rings is 1. The highest BCUT2D eigenvalue weighted by atomic mass is 79.9. The Morgan fingerprint density at radius 1 is 1.55 bits per heavy atom. The van der Waals surface area contributed by atoms with Gasteiger partial charge in [0.05, 0.1) is 19.1 Å². The third-order valence-electron chi connectivity index (χ3n) is 3.66. The summed E-state index contributed by atoms with van der Waals surface area (Å²) in [7, 11) is 1.42. The highest BCUT2D eigenvalue weighted by molar-refractivity contribution is 9.10. The summed E-state index contributed by atoms with van der Waals surface area (Å²) in [5.41, 5.74) is 1.67. The summed E-state index contributed by atoms with van der Waals surface area (Å²) in [5.74, 6) is -0.172. The summed E-state index contributed by atoms with van der Waals surface area (Å²) in [6.45, 7) is 0.931. The number of hydrogen-bond donors (Lipinski definition) is 0.